The van der Waals surface area contributed by atoms with Gasteiger partial charge in [0.1, 0.15) is 12.0 Å². The molecule has 1 N–H and O–H groups in total. The first kappa shape index (κ1) is 14.9. The molecule has 0 saturated heterocycles. The molecule has 4 heteroatoms. The molecule has 16 heavy (non-hydrogen) atoms. The molecule has 4 nitrogen and oxygen atoms in total. The lowest BCUT2D eigenvalue weighted by Crippen LogP contribution is -2.29. The van der Waals surface area contributed by atoms with Crippen molar-refractivity contribution >= 4 is 11.9 Å². The topological polar surface area (TPSA) is 63.6 Å². The molecule has 0 heterocycles. The van der Waals surface area contributed by atoms with Gasteiger partial charge in [-0.25, -0.2) is 0 Å². The first-order chi connectivity index (χ1) is 7.37. The molecule has 0 atom stereocenters. The van der Waals surface area contributed by atoms with Crippen LogP contribution >= 0.6 is 0 Å². The number of carbonyl (C=O) groups is 2. The van der Waals surface area contributed by atoms with Gasteiger partial charge in [-0.05, 0) is 26.7 Å². The molecular weight excluding hydrogens is 208 g/mol. The SMILES string of the molecule is CCCCCCC(C)(C)OC(=O)CC(=O)O. The van der Waals surface area contributed by atoms with E-state index in [9.17, 15) is 9.59 Å². The van der Waals surface area contributed by atoms with Crippen molar-refractivity contribution < 1.29 is 19.4 Å². The lowest BCUT2D eigenvalue weighted by Gasteiger charge is -2.24. The second-order valence-electron chi connectivity index (χ2n) is 4.61. The molecule has 0 amide bonds. The Labute approximate surface area is 97.0 Å². The lowest BCUT2D eigenvalue weighted by molar-refractivity contribution is -0.161. The van der Waals surface area contributed by atoms with Crippen LogP contribution in [0.2, 0.25) is 0 Å². The molecular formula is C12H22O4. The number of carbonyl (C=O) groups excluding carboxylic acids is 1. The maximum atomic E-state index is 11.2. The first-order valence-corrected chi connectivity index (χ1v) is 5.81. The van der Waals surface area contributed by atoms with Gasteiger partial charge in [-0.3, -0.25) is 9.59 Å². The van der Waals surface area contributed by atoms with Crippen LogP contribution in [0.1, 0.15) is 59.3 Å². The average molecular weight is 230 g/mol. The highest BCUT2D eigenvalue weighted by Crippen LogP contribution is 2.19. The number of aliphatic carboxylic acids is 1. The molecule has 0 aromatic carbocycles. The van der Waals surface area contributed by atoms with Gasteiger partial charge in [-0.1, -0.05) is 26.2 Å². The fourth-order valence-electron chi connectivity index (χ4n) is 1.50. The molecule has 0 spiro atoms. The van der Waals surface area contributed by atoms with Crippen LogP contribution in [0.15, 0.2) is 0 Å². The number of hydrogen-bond donors (Lipinski definition) is 1. The smallest absolute Gasteiger partial charge is 0.317 e. The van der Waals surface area contributed by atoms with Gasteiger partial charge < -0.3 is 9.84 Å². The van der Waals surface area contributed by atoms with Crippen LogP contribution in [0.5, 0.6) is 0 Å². The van der Waals surface area contributed by atoms with Gasteiger partial charge in [-0.15, -0.1) is 0 Å². The summed E-state index contributed by atoms with van der Waals surface area (Å²) in [6.07, 6.45) is 4.69. The van der Waals surface area contributed by atoms with E-state index < -0.39 is 24.0 Å². The number of ether oxygens (including phenoxy) is 1. The zero-order chi connectivity index (χ0) is 12.6. The summed E-state index contributed by atoms with van der Waals surface area (Å²) in [5.41, 5.74) is -0.555. The molecule has 0 fully saturated rings. The average Bonchev–Trinajstić information content (AvgIpc) is 2.10. The summed E-state index contributed by atoms with van der Waals surface area (Å²) in [5, 5.41) is 8.43. The lowest BCUT2D eigenvalue weighted by atomic mass is 10.00. The van der Waals surface area contributed by atoms with Crippen LogP contribution in [0.25, 0.3) is 0 Å². The van der Waals surface area contributed by atoms with Gasteiger partial charge in [-0.2, -0.15) is 0 Å². The minimum atomic E-state index is -1.15. The van der Waals surface area contributed by atoms with Crippen LogP contribution < -0.4 is 0 Å². The predicted octanol–water partition coefficient (Wildman–Crippen LogP) is 2.75. The Kier molecular flexibility index (Phi) is 6.77. The van der Waals surface area contributed by atoms with Crippen LogP contribution in [-0.4, -0.2) is 22.6 Å². The molecule has 0 bridgehead atoms. The van der Waals surface area contributed by atoms with E-state index in [0.717, 1.165) is 19.3 Å². The third-order valence-corrected chi connectivity index (χ3v) is 2.32. The van der Waals surface area contributed by atoms with Crippen molar-refractivity contribution in [3.05, 3.63) is 0 Å². The van der Waals surface area contributed by atoms with E-state index in [-0.39, 0.29) is 0 Å². The molecule has 0 aliphatic heterocycles. The summed E-state index contributed by atoms with van der Waals surface area (Å²) in [5.74, 6) is -1.81. The van der Waals surface area contributed by atoms with E-state index in [1.54, 1.807) is 0 Å². The minimum absolute atomic E-state index is 0.555. The van der Waals surface area contributed by atoms with Crippen LogP contribution in [0.3, 0.4) is 0 Å². The van der Waals surface area contributed by atoms with Crippen LogP contribution in [0, 0.1) is 0 Å². The summed E-state index contributed by atoms with van der Waals surface area (Å²) < 4.78 is 5.11. The number of rotatable bonds is 8. The second-order valence-corrected chi connectivity index (χ2v) is 4.61. The Bertz CT molecular complexity index is 233. The second kappa shape index (κ2) is 7.25. The molecule has 0 radical (unpaired) electrons. The monoisotopic (exact) mass is 230 g/mol. The number of carboxylic acids is 1. The molecule has 0 aliphatic carbocycles. The van der Waals surface area contributed by atoms with Crippen molar-refractivity contribution in [1.29, 1.82) is 0 Å². The standard InChI is InChI=1S/C12H22O4/c1-4-5-6-7-8-12(2,3)16-11(15)9-10(13)14/h4-9H2,1-3H3,(H,13,14). The Morgan fingerprint density at radius 2 is 1.81 bits per heavy atom. The molecule has 0 rings (SSSR count). The maximum Gasteiger partial charge on any atom is 0.317 e. The fraction of sp³-hybridized carbons (Fsp3) is 0.833. The van der Waals surface area contributed by atoms with Gasteiger partial charge >= 0.3 is 11.9 Å². The van der Waals surface area contributed by atoms with E-state index in [2.05, 4.69) is 6.92 Å². The van der Waals surface area contributed by atoms with E-state index in [0.29, 0.717) is 0 Å². The van der Waals surface area contributed by atoms with E-state index in [1.165, 1.54) is 12.8 Å². The first-order valence-electron chi connectivity index (χ1n) is 5.81. The molecule has 0 saturated carbocycles. The highest BCUT2D eigenvalue weighted by Gasteiger charge is 2.23. The van der Waals surface area contributed by atoms with Crippen molar-refractivity contribution in [2.24, 2.45) is 0 Å². The number of esters is 1. The van der Waals surface area contributed by atoms with E-state index >= 15 is 0 Å². The molecule has 94 valence electrons. The third-order valence-electron chi connectivity index (χ3n) is 2.32. The van der Waals surface area contributed by atoms with Gasteiger partial charge in [0.15, 0.2) is 0 Å². The van der Waals surface area contributed by atoms with Crippen LogP contribution in [0.4, 0.5) is 0 Å². The summed E-state index contributed by atoms with van der Waals surface area (Å²) in [6.45, 7) is 5.77. The van der Waals surface area contributed by atoms with E-state index in [1.807, 2.05) is 13.8 Å². The Hall–Kier alpha value is -1.06. The quantitative estimate of drug-likeness (QED) is 0.395. The van der Waals surface area contributed by atoms with Crippen molar-refractivity contribution in [3.63, 3.8) is 0 Å². The van der Waals surface area contributed by atoms with Gasteiger partial charge in [0.05, 0.1) is 0 Å². The van der Waals surface area contributed by atoms with E-state index in [4.69, 9.17) is 9.84 Å². The normalized spacial score (nSPS) is 11.2. The van der Waals surface area contributed by atoms with Crippen molar-refractivity contribution in [2.45, 2.75) is 64.9 Å². The number of hydrogen-bond acceptors (Lipinski definition) is 3. The highest BCUT2D eigenvalue weighted by molar-refractivity contribution is 5.90. The highest BCUT2D eigenvalue weighted by atomic mass is 16.6. The van der Waals surface area contributed by atoms with Gasteiger partial charge in [0.2, 0.25) is 0 Å². The van der Waals surface area contributed by atoms with Crippen molar-refractivity contribution in [3.8, 4) is 0 Å². The fourth-order valence-corrected chi connectivity index (χ4v) is 1.50. The van der Waals surface area contributed by atoms with Crippen molar-refractivity contribution in [2.75, 3.05) is 0 Å². The third kappa shape index (κ3) is 8.26. The molecule has 0 aliphatic rings. The largest absolute Gasteiger partial charge is 0.481 e. The summed E-state index contributed by atoms with van der Waals surface area (Å²) in [6, 6.07) is 0. The summed E-state index contributed by atoms with van der Waals surface area (Å²) >= 11 is 0. The number of carboxylic acid groups (broad SMARTS) is 1. The van der Waals surface area contributed by atoms with Gasteiger partial charge in [0.25, 0.3) is 0 Å². The zero-order valence-electron chi connectivity index (χ0n) is 10.4. The molecule has 0 aromatic heterocycles. The Morgan fingerprint density at radius 3 is 2.31 bits per heavy atom. The van der Waals surface area contributed by atoms with Crippen molar-refractivity contribution in [1.82, 2.24) is 0 Å². The number of unbranched alkanes of at least 4 members (excludes halogenated alkanes) is 3. The molecule has 0 unspecified atom stereocenters. The van der Waals surface area contributed by atoms with Crippen LogP contribution in [-0.2, 0) is 14.3 Å². The maximum absolute atomic E-state index is 11.2. The van der Waals surface area contributed by atoms with Gasteiger partial charge in [0, 0.05) is 0 Å². The Morgan fingerprint density at radius 1 is 1.19 bits per heavy atom. The summed E-state index contributed by atoms with van der Waals surface area (Å²) in [4.78, 5) is 21.4. The zero-order valence-corrected chi connectivity index (χ0v) is 10.4. The Balaban J connectivity index is 3.84. The predicted molar refractivity (Wildman–Crippen MR) is 61.2 cm³/mol. The molecule has 0 aromatic rings. The summed E-state index contributed by atoms with van der Waals surface area (Å²) in [7, 11) is 0. The minimum Gasteiger partial charge on any atom is -0.481 e.